The topological polar surface area (TPSA) is 26.9 Å². The predicted molar refractivity (Wildman–Crippen MR) is 62.6 cm³/mol. The molecule has 0 radical (unpaired) electrons. The van der Waals surface area contributed by atoms with Gasteiger partial charge in [-0.3, -0.25) is 9.13 Å². The van der Waals surface area contributed by atoms with E-state index in [1.54, 1.807) is 32.0 Å². The van der Waals surface area contributed by atoms with Crippen LogP contribution in [-0.2, 0) is 6.54 Å². The van der Waals surface area contributed by atoms with Crippen molar-refractivity contribution in [3.8, 4) is 0 Å². The Morgan fingerprint density at radius 3 is 2.22 bits per heavy atom. The van der Waals surface area contributed by atoms with Gasteiger partial charge in [0.05, 0.1) is 11.0 Å². The number of aromatic nitrogens is 2. The van der Waals surface area contributed by atoms with E-state index in [0.717, 1.165) is 4.57 Å². The van der Waals surface area contributed by atoms with E-state index in [1.165, 1.54) is 10.6 Å². The lowest BCUT2D eigenvalue weighted by Gasteiger charge is -2.07. The summed E-state index contributed by atoms with van der Waals surface area (Å²) in [7, 11) is 0. The Morgan fingerprint density at radius 2 is 1.72 bits per heavy atom. The fourth-order valence-electron chi connectivity index (χ4n) is 2.06. The first-order chi connectivity index (χ1) is 8.31. The second kappa shape index (κ2) is 4.19. The minimum Gasteiger partial charge on any atom is -0.289 e. The molecular formula is C12H13F3N2O. The van der Waals surface area contributed by atoms with Gasteiger partial charge in [-0.05, 0) is 26.0 Å². The molecule has 1 heterocycles. The predicted octanol–water partition coefficient (Wildman–Crippen LogP) is 2.95. The molecule has 0 spiro atoms. The van der Waals surface area contributed by atoms with Gasteiger partial charge in [0.1, 0.15) is 6.54 Å². The number of hydrogen-bond donors (Lipinski definition) is 0. The minimum absolute atomic E-state index is 0.183. The summed E-state index contributed by atoms with van der Waals surface area (Å²) in [5.41, 5.74) is 0.221. The van der Waals surface area contributed by atoms with Crippen LogP contribution in [0, 0.1) is 0 Å². The summed E-state index contributed by atoms with van der Waals surface area (Å²) in [5, 5.41) is 0. The third-order valence-corrected chi connectivity index (χ3v) is 2.72. The Morgan fingerprint density at radius 1 is 1.17 bits per heavy atom. The summed E-state index contributed by atoms with van der Waals surface area (Å²) in [6, 6.07) is 6.33. The highest BCUT2D eigenvalue weighted by Crippen LogP contribution is 2.22. The fraction of sp³-hybridized carbons (Fsp3) is 0.417. The molecule has 0 N–H and O–H groups in total. The molecule has 0 saturated heterocycles. The molecule has 18 heavy (non-hydrogen) atoms. The van der Waals surface area contributed by atoms with Crippen LogP contribution in [0.4, 0.5) is 13.2 Å². The van der Waals surface area contributed by atoms with Gasteiger partial charge in [-0.25, -0.2) is 4.79 Å². The molecule has 0 aliphatic rings. The zero-order valence-electron chi connectivity index (χ0n) is 10.0. The summed E-state index contributed by atoms with van der Waals surface area (Å²) in [4.78, 5) is 12.0. The van der Waals surface area contributed by atoms with Crippen molar-refractivity contribution in [1.82, 2.24) is 9.13 Å². The first-order valence-electron chi connectivity index (χ1n) is 5.58. The number of para-hydroxylation sites is 2. The molecule has 2 rings (SSSR count). The Labute approximate surface area is 101 Å². The van der Waals surface area contributed by atoms with Crippen molar-refractivity contribution in [3.05, 3.63) is 34.7 Å². The molecule has 0 saturated carbocycles. The Kier molecular flexibility index (Phi) is 2.96. The number of halogens is 3. The highest BCUT2D eigenvalue weighted by Gasteiger charge is 2.30. The highest BCUT2D eigenvalue weighted by molar-refractivity contribution is 5.76. The van der Waals surface area contributed by atoms with Crippen LogP contribution in [0.15, 0.2) is 29.1 Å². The summed E-state index contributed by atoms with van der Waals surface area (Å²) in [6.45, 7) is 2.28. The first kappa shape index (κ1) is 12.7. The number of fused-ring (bicyclic) bond motifs is 1. The van der Waals surface area contributed by atoms with E-state index in [2.05, 4.69) is 0 Å². The van der Waals surface area contributed by atoms with E-state index in [0.29, 0.717) is 11.0 Å². The van der Waals surface area contributed by atoms with E-state index in [4.69, 9.17) is 0 Å². The van der Waals surface area contributed by atoms with Crippen LogP contribution in [0.3, 0.4) is 0 Å². The van der Waals surface area contributed by atoms with Gasteiger partial charge in [0.2, 0.25) is 0 Å². The number of imidazole rings is 1. The summed E-state index contributed by atoms with van der Waals surface area (Å²) in [5.74, 6) is 0. The van der Waals surface area contributed by atoms with Gasteiger partial charge in [0.15, 0.2) is 0 Å². The van der Waals surface area contributed by atoms with Gasteiger partial charge in [-0.2, -0.15) is 13.2 Å². The molecule has 1 aromatic carbocycles. The van der Waals surface area contributed by atoms with Crippen LogP contribution < -0.4 is 5.69 Å². The van der Waals surface area contributed by atoms with E-state index in [1.807, 2.05) is 0 Å². The molecule has 0 atom stereocenters. The van der Waals surface area contributed by atoms with Gasteiger partial charge >= 0.3 is 11.9 Å². The number of rotatable bonds is 2. The molecule has 3 nitrogen and oxygen atoms in total. The molecule has 1 aromatic heterocycles. The normalized spacial score (nSPS) is 12.6. The molecule has 0 bridgehead atoms. The van der Waals surface area contributed by atoms with Crippen LogP contribution in [-0.4, -0.2) is 15.3 Å². The molecule has 0 amide bonds. The van der Waals surface area contributed by atoms with Crippen LogP contribution in [0.1, 0.15) is 19.9 Å². The van der Waals surface area contributed by atoms with Gasteiger partial charge in [0.25, 0.3) is 0 Å². The zero-order valence-corrected chi connectivity index (χ0v) is 10.0. The Balaban J connectivity index is 2.74. The monoisotopic (exact) mass is 258 g/mol. The summed E-state index contributed by atoms with van der Waals surface area (Å²) >= 11 is 0. The average molecular weight is 258 g/mol. The van der Waals surface area contributed by atoms with Crippen molar-refractivity contribution in [2.45, 2.75) is 32.6 Å². The van der Waals surface area contributed by atoms with Crippen molar-refractivity contribution in [3.63, 3.8) is 0 Å². The van der Waals surface area contributed by atoms with Gasteiger partial charge < -0.3 is 0 Å². The Bertz CT molecular complexity index is 622. The van der Waals surface area contributed by atoms with Crippen molar-refractivity contribution in [2.24, 2.45) is 0 Å². The van der Waals surface area contributed by atoms with Crippen molar-refractivity contribution in [2.75, 3.05) is 0 Å². The quantitative estimate of drug-likeness (QED) is 0.813. The molecule has 98 valence electrons. The lowest BCUT2D eigenvalue weighted by molar-refractivity contribution is -0.140. The van der Waals surface area contributed by atoms with Crippen LogP contribution in [0.2, 0.25) is 0 Å². The molecule has 6 heteroatoms. The number of benzene rings is 1. The first-order valence-corrected chi connectivity index (χ1v) is 5.58. The number of hydrogen-bond acceptors (Lipinski definition) is 1. The standard InChI is InChI=1S/C12H13F3N2O/c1-8(2)17-10-6-4-3-5-9(10)16(11(17)18)7-12(13,14)15/h3-6,8H,7H2,1-2H3. The lowest BCUT2D eigenvalue weighted by Crippen LogP contribution is -2.30. The van der Waals surface area contributed by atoms with Crippen LogP contribution >= 0.6 is 0 Å². The fourth-order valence-corrected chi connectivity index (χ4v) is 2.06. The van der Waals surface area contributed by atoms with Crippen molar-refractivity contribution < 1.29 is 13.2 Å². The largest absolute Gasteiger partial charge is 0.406 e. The second-order valence-electron chi connectivity index (χ2n) is 4.44. The smallest absolute Gasteiger partial charge is 0.289 e. The summed E-state index contributed by atoms with van der Waals surface area (Å²) < 4.78 is 39.6. The number of alkyl halides is 3. The van der Waals surface area contributed by atoms with Gasteiger partial charge in [-0.15, -0.1) is 0 Å². The van der Waals surface area contributed by atoms with Crippen LogP contribution in [0.5, 0.6) is 0 Å². The van der Waals surface area contributed by atoms with Crippen LogP contribution in [0.25, 0.3) is 11.0 Å². The molecule has 0 fully saturated rings. The van der Waals surface area contributed by atoms with E-state index < -0.39 is 18.4 Å². The van der Waals surface area contributed by atoms with E-state index in [-0.39, 0.29) is 6.04 Å². The maximum atomic E-state index is 12.5. The highest BCUT2D eigenvalue weighted by atomic mass is 19.4. The maximum absolute atomic E-state index is 12.5. The third-order valence-electron chi connectivity index (χ3n) is 2.72. The second-order valence-corrected chi connectivity index (χ2v) is 4.44. The van der Waals surface area contributed by atoms with E-state index >= 15 is 0 Å². The van der Waals surface area contributed by atoms with Gasteiger partial charge in [0, 0.05) is 6.04 Å². The number of nitrogens with zero attached hydrogens (tertiary/aromatic N) is 2. The maximum Gasteiger partial charge on any atom is 0.406 e. The SMILES string of the molecule is CC(C)n1c(=O)n(CC(F)(F)F)c2ccccc21. The summed E-state index contributed by atoms with van der Waals surface area (Å²) in [6.07, 6.45) is -4.41. The zero-order chi connectivity index (χ0) is 13.5. The molecule has 2 aromatic rings. The minimum atomic E-state index is -4.41. The lowest BCUT2D eigenvalue weighted by atomic mass is 10.3. The molecule has 0 aliphatic carbocycles. The van der Waals surface area contributed by atoms with Crippen molar-refractivity contribution >= 4 is 11.0 Å². The van der Waals surface area contributed by atoms with Crippen molar-refractivity contribution in [1.29, 1.82) is 0 Å². The van der Waals surface area contributed by atoms with Gasteiger partial charge in [-0.1, -0.05) is 12.1 Å². The molecular weight excluding hydrogens is 245 g/mol. The third kappa shape index (κ3) is 2.14. The molecule has 0 unspecified atom stereocenters. The van der Waals surface area contributed by atoms with E-state index in [9.17, 15) is 18.0 Å². The Hall–Kier alpha value is -1.72. The average Bonchev–Trinajstić information content (AvgIpc) is 2.50. The molecule has 0 aliphatic heterocycles.